The predicted molar refractivity (Wildman–Crippen MR) is 83.2 cm³/mol. The van der Waals surface area contributed by atoms with Crippen molar-refractivity contribution in [2.24, 2.45) is 0 Å². The highest BCUT2D eigenvalue weighted by Crippen LogP contribution is 2.24. The minimum Gasteiger partial charge on any atom is -0.481 e. The molecule has 1 aromatic rings. The van der Waals surface area contributed by atoms with E-state index in [9.17, 15) is 14.9 Å². The summed E-state index contributed by atoms with van der Waals surface area (Å²) in [5.74, 6) is -0.796. The van der Waals surface area contributed by atoms with Gasteiger partial charge in [0.1, 0.15) is 0 Å². The van der Waals surface area contributed by atoms with Gasteiger partial charge in [0.15, 0.2) is 0 Å². The summed E-state index contributed by atoms with van der Waals surface area (Å²) in [7, 11) is 0. The molecule has 21 heavy (non-hydrogen) atoms. The number of halogens is 1. The van der Waals surface area contributed by atoms with Gasteiger partial charge >= 0.3 is 5.97 Å². The largest absolute Gasteiger partial charge is 0.481 e. The molecule has 0 spiro atoms. The molecule has 0 radical (unpaired) electrons. The van der Waals surface area contributed by atoms with Crippen LogP contribution < -0.4 is 0 Å². The highest BCUT2D eigenvalue weighted by molar-refractivity contribution is 9.10. The average molecular weight is 359 g/mol. The number of aliphatic carboxylic acids is 1. The summed E-state index contributed by atoms with van der Waals surface area (Å²) >= 11 is 3.36. The molecule has 0 heterocycles. The fraction of sp³-hybridized carbons (Fsp3) is 0.500. The van der Waals surface area contributed by atoms with Crippen LogP contribution in [0, 0.1) is 10.1 Å². The van der Waals surface area contributed by atoms with E-state index in [1.54, 1.807) is 6.07 Å². The minimum absolute atomic E-state index is 0.0487. The monoisotopic (exact) mass is 358 g/mol. The number of carboxylic acid groups (broad SMARTS) is 1. The molecule has 1 aromatic carbocycles. The Morgan fingerprint density at radius 1 is 1.48 bits per heavy atom. The molecule has 1 rings (SSSR count). The molecule has 0 saturated heterocycles. The van der Waals surface area contributed by atoms with Crippen molar-refractivity contribution in [3.05, 3.63) is 38.3 Å². The van der Waals surface area contributed by atoms with Gasteiger partial charge in [-0.1, -0.05) is 15.9 Å². The second kappa shape index (κ2) is 8.09. The molecule has 7 heteroatoms. The highest BCUT2D eigenvalue weighted by atomic mass is 79.9. The van der Waals surface area contributed by atoms with Crippen LogP contribution in [-0.2, 0) is 11.3 Å². The lowest BCUT2D eigenvalue weighted by Gasteiger charge is -2.26. The second-order valence-corrected chi connectivity index (χ2v) is 5.95. The minimum atomic E-state index is -0.796. The van der Waals surface area contributed by atoms with Crippen molar-refractivity contribution in [1.29, 1.82) is 0 Å². The van der Waals surface area contributed by atoms with Crippen LogP contribution in [0.1, 0.15) is 32.3 Å². The summed E-state index contributed by atoms with van der Waals surface area (Å²) in [6, 6.07) is 4.97. The topological polar surface area (TPSA) is 83.7 Å². The normalized spacial score (nSPS) is 11.1. The molecule has 0 aromatic heterocycles. The molecule has 0 aliphatic rings. The van der Waals surface area contributed by atoms with Gasteiger partial charge in [0.25, 0.3) is 5.69 Å². The Kier molecular flexibility index (Phi) is 6.77. The van der Waals surface area contributed by atoms with Gasteiger partial charge in [-0.25, -0.2) is 0 Å². The zero-order valence-electron chi connectivity index (χ0n) is 12.1. The number of nitrogens with zero attached hydrogens (tertiary/aromatic N) is 2. The Bertz CT molecular complexity index is 520. The maximum Gasteiger partial charge on any atom is 0.303 e. The SMILES string of the molecule is CC(C)N(CCCC(=O)O)Cc1ccc([N+](=O)[O-])cc1Br. The van der Waals surface area contributed by atoms with Crippen molar-refractivity contribution in [3.63, 3.8) is 0 Å². The standard InChI is InChI=1S/C14H19BrN2O4/c1-10(2)16(7-3-4-14(18)19)9-11-5-6-12(17(20)21)8-13(11)15/h5-6,8,10H,3-4,7,9H2,1-2H3,(H,18,19). The number of carboxylic acids is 1. The molecular formula is C14H19BrN2O4. The van der Waals surface area contributed by atoms with Crippen molar-refractivity contribution < 1.29 is 14.8 Å². The average Bonchev–Trinajstić information content (AvgIpc) is 2.38. The summed E-state index contributed by atoms with van der Waals surface area (Å²) in [5, 5.41) is 19.4. The van der Waals surface area contributed by atoms with Crippen LogP contribution in [-0.4, -0.2) is 33.5 Å². The lowest BCUT2D eigenvalue weighted by Crippen LogP contribution is -2.31. The Morgan fingerprint density at radius 3 is 2.62 bits per heavy atom. The van der Waals surface area contributed by atoms with E-state index in [2.05, 4.69) is 20.8 Å². The van der Waals surface area contributed by atoms with Gasteiger partial charge in [-0.3, -0.25) is 19.8 Å². The number of hydrogen-bond acceptors (Lipinski definition) is 4. The maximum absolute atomic E-state index is 10.7. The van der Waals surface area contributed by atoms with Crippen LogP contribution in [0.4, 0.5) is 5.69 Å². The fourth-order valence-corrected chi connectivity index (χ4v) is 2.44. The van der Waals surface area contributed by atoms with Gasteiger partial charge in [-0.2, -0.15) is 0 Å². The van der Waals surface area contributed by atoms with Crippen LogP contribution in [0.3, 0.4) is 0 Å². The van der Waals surface area contributed by atoms with Crippen LogP contribution in [0.5, 0.6) is 0 Å². The number of rotatable bonds is 8. The van der Waals surface area contributed by atoms with Crippen molar-refractivity contribution in [2.75, 3.05) is 6.54 Å². The van der Waals surface area contributed by atoms with Crippen LogP contribution in [0.25, 0.3) is 0 Å². The number of nitro groups is 1. The maximum atomic E-state index is 10.7. The number of non-ortho nitro benzene ring substituents is 1. The first-order chi connectivity index (χ1) is 9.81. The number of benzene rings is 1. The van der Waals surface area contributed by atoms with Crippen molar-refractivity contribution >= 4 is 27.6 Å². The van der Waals surface area contributed by atoms with Crippen molar-refractivity contribution in [3.8, 4) is 0 Å². The highest BCUT2D eigenvalue weighted by Gasteiger charge is 2.14. The first-order valence-corrected chi connectivity index (χ1v) is 7.49. The van der Waals surface area contributed by atoms with E-state index in [0.717, 1.165) is 5.56 Å². The Hall–Kier alpha value is -1.47. The Labute approximate surface area is 132 Å². The van der Waals surface area contributed by atoms with Crippen molar-refractivity contribution in [2.45, 2.75) is 39.3 Å². The lowest BCUT2D eigenvalue weighted by atomic mass is 10.1. The summed E-state index contributed by atoms with van der Waals surface area (Å²) in [4.78, 5) is 23.0. The summed E-state index contributed by atoms with van der Waals surface area (Å²) in [5.41, 5.74) is 0.997. The van der Waals surface area contributed by atoms with E-state index < -0.39 is 10.9 Å². The smallest absolute Gasteiger partial charge is 0.303 e. The van der Waals surface area contributed by atoms with E-state index in [1.165, 1.54) is 12.1 Å². The van der Waals surface area contributed by atoms with Gasteiger partial charge in [0, 0.05) is 35.6 Å². The Morgan fingerprint density at radius 2 is 2.14 bits per heavy atom. The van der Waals surface area contributed by atoms with E-state index >= 15 is 0 Å². The zero-order valence-corrected chi connectivity index (χ0v) is 13.7. The molecule has 0 atom stereocenters. The lowest BCUT2D eigenvalue weighted by molar-refractivity contribution is -0.384. The molecule has 0 aliphatic carbocycles. The van der Waals surface area contributed by atoms with E-state index in [4.69, 9.17) is 5.11 Å². The molecule has 1 N–H and O–H groups in total. The molecule has 0 saturated carbocycles. The molecule has 0 bridgehead atoms. The van der Waals surface area contributed by atoms with Gasteiger partial charge in [-0.05, 0) is 38.4 Å². The second-order valence-electron chi connectivity index (χ2n) is 5.09. The molecule has 116 valence electrons. The Balaban J connectivity index is 2.75. The van der Waals surface area contributed by atoms with E-state index in [0.29, 0.717) is 24.0 Å². The fourth-order valence-electron chi connectivity index (χ4n) is 1.95. The molecule has 0 aliphatic heterocycles. The first-order valence-electron chi connectivity index (χ1n) is 6.70. The number of nitro benzene ring substituents is 1. The number of hydrogen-bond donors (Lipinski definition) is 1. The zero-order chi connectivity index (χ0) is 16.0. The molecular weight excluding hydrogens is 340 g/mol. The molecule has 0 fully saturated rings. The van der Waals surface area contributed by atoms with E-state index in [-0.39, 0.29) is 18.2 Å². The van der Waals surface area contributed by atoms with Crippen molar-refractivity contribution in [1.82, 2.24) is 4.90 Å². The predicted octanol–water partition coefficient (Wildman–Crippen LogP) is 3.43. The van der Waals surface area contributed by atoms with Crippen LogP contribution in [0.2, 0.25) is 0 Å². The quantitative estimate of drug-likeness (QED) is 0.568. The summed E-state index contributed by atoms with van der Waals surface area (Å²) in [6.45, 7) is 5.38. The molecule has 0 amide bonds. The third-order valence-corrected chi connectivity index (χ3v) is 3.93. The third-order valence-electron chi connectivity index (χ3n) is 3.19. The van der Waals surface area contributed by atoms with Gasteiger partial charge in [0.05, 0.1) is 4.92 Å². The first kappa shape index (κ1) is 17.6. The summed E-state index contributed by atoms with van der Waals surface area (Å²) < 4.78 is 0.695. The third kappa shape index (κ3) is 5.81. The van der Waals surface area contributed by atoms with Gasteiger partial charge < -0.3 is 5.11 Å². The molecule has 0 unspecified atom stereocenters. The van der Waals surface area contributed by atoms with Crippen LogP contribution in [0.15, 0.2) is 22.7 Å². The molecule has 6 nitrogen and oxygen atoms in total. The van der Waals surface area contributed by atoms with E-state index in [1.807, 2.05) is 13.8 Å². The van der Waals surface area contributed by atoms with Crippen LogP contribution >= 0.6 is 15.9 Å². The number of carbonyl (C=O) groups is 1. The summed E-state index contributed by atoms with van der Waals surface area (Å²) in [6.07, 6.45) is 0.725. The van der Waals surface area contributed by atoms with Gasteiger partial charge in [-0.15, -0.1) is 0 Å². The van der Waals surface area contributed by atoms with Gasteiger partial charge in [0.2, 0.25) is 0 Å².